The quantitative estimate of drug-likeness (QED) is 0.498. The molecule has 0 unspecified atom stereocenters. The summed E-state index contributed by atoms with van der Waals surface area (Å²) >= 11 is 0. The van der Waals surface area contributed by atoms with Gasteiger partial charge >= 0.3 is 5.97 Å². The van der Waals surface area contributed by atoms with Gasteiger partial charge in [-0.15, -0.1) is 0 Å². The molecule has 1 amide bonds. The van der Waals surface area contributed by atoms with Crippen LogP contribution in [0.2, 0.25) is 0 Å². The Morgan fingerprint density at radius 1 is 1.19 bits per heavy atom. The van der Waals surface area contributed by atoms with Gasteiger partial charge in [0.15, 0.2) is 11.2 Å². The summed E-state index contributed by atoms with van der Waals surface area (Å²) in [5, 5.41) is 0. The maximum absolute atomic E-state index is 13.4. The lowest BCUT2D eigenvalue weighted by atomic mass is 9.69. The molecule has 0 aliphatic carbocycles. The second kappa shape index (κ2) is 9.22. The number of nitrogens with zero attached hydrogens (tertiary/aromatic N) is 2. The van der Waals surface area contributed by atoms with Crippen LogP contribution in [-0.2, 0) is 25.7 Å². The number of esters is 1. The Kier molecular flexibility index (Phi) is 6.56. The Bertz CT molecular complexity index is 887. The van der Waals surface area contributed by atoms with E-state index in [1.54, 1.807) is 7.11 Å². The molecule has 32 heavy (non-hydrogen) atoms. The largest absolute Gasteiger partial charge is 0.497 e. The average molecular weight is 443 g/mol. The Morgan fingerprint density at radius 3 is 2.72 bits per heavy atom. The summed E-state index contributed by atoms with van der Waals surface area (Å²) in [4.78, 5) is 44.1. The number of piperidine rings is 2. The van der Waals surface area contributed by atoms with Crippen molar-refractivity contribution in [1.82, 2.24) is 9.80 Å². The predicted molar refractivity (Wildman–Crippen MR) is 119 cm³/mol. The molecule has 3 saturated heterocycles. The van der Waals surface area contributed by atoms with Gasteiger partial charge in [-0.25, -0.2) is 0 Å². The van der Waals surface area contributed by atoms with Crippen LogP contribution in [0.15, 0.2) is 24.3 Å². The lowest BCUT2D eigenvalue weighted by molar-refractivity contribution is -0.171. The molecule has 3 fully saturated rings. The predicted octanol–water partition coefficient (Wildman–Crippen LogP) is 2.81. The van der Waals surface area contributed by atoms with E-state index in [1.807, 2.05) is 29.2 Å². The van der Waals surface area contributed by atoms with Gasteiger partial charge in [0.25, 0.3) is 0 Å². The zero-order chi connectivity index (χ0) is 22.9. The van der Waals surface area contributed by atoms with E-state index < -0.39 is 11.4 Å². The van der Waals surface area contributed by atoms with Crippen LogP contribution in [0, 0.1) is 11.3 Å². The SMILES string of the molecule is COC(=O)[C@@]1(CC(=O)N2CCC[C@H](C)C2)C(=O)C[C@H]2CC[C@H]1N2Cc1cccc(OC)c1. The average Bonchev–Trinajstić information content (AvgIpc) is 3.11. The molecule has 0 saturated carbocycles. The van der Waals surface area contributed by atoms with Gasteiger partial charge in [-0.3, -0.25) is 19.3 Å². The molecule has 1 aromatic carbocycles. The number of methoxy groups -OCH3 is 2. The molecule has 3 aliphatic rings. The Balaban J connectivity index is 1.63. The third-order valence-electron chi connectivity index (χ3n) is 7.62. The summed E-state index contributed by atoms with van der Waals surface area (Å²) < 4.78 is 10.5. The van der Waals surface area contributed by atoms with Gasteiger partial charge in [0.2, 0.25) is 5.91 Å². The molecule has 7 heteroatoms. The number of Topliss-reactive ketones (excluding diaryl/α,β-unsaturated/α-hetero) is 1. The first-order valence-electron chi connectivity index (χ1n) is 11.7. The third kappa shape index (κ3) is 4.03. The lowest BCUT2D eigenvalue weighted by Crippen LogP contribution is -2.61. The topological polar surface area (TPSA) is 76.2 Å². The van der Waals surface area contributed by atoms with Crippen molar-refractivity contribution in [3.05, 3.63) is 29.8 Å². The van der Waals surface area contributed by atoms with Crippen molar-refractivity contribution < 1.29 is 23.9 Å². The highest BCUT2D eigenvalue weighted by atomic mass is 16.5. The molecule has 4 atom stereocenters. The van der Waals surface area contributed by atoms with E-state index in [0.29, 0.717) is 32.0 Å². The molecular formula is C25H34N2O5. The Labute approximate surface area is 190 Å². The summed E-state index contributed by atoms with van der Waals surface area (Å²) in [5.41, 5.74) is -0.371. The summed E-state index contributed by atoms with van der Waals surface area (Å²) in [6, 6.07) is 7.60. The smallest absolute Gasteiger partial charge is 0.321 e. The number of likely N-dealkylation sites (tertiary alicyclic amines) is 1. The van der Waals surface area contributed by atoms with Gasteiger partial charge in [0.1, 0.15) is 5.75 Å². The van der Waals surface area contributed by atoms with Crippen LogP contribution in [0.25, 0.3) is 0 Å². The number of hydrogen-bond acceptors (Lipinski definition) is 6. The number of rotatable bonds is 6. The summed E-state index contributed by atoms with van der Waals surface area (Å²) in [6.07, 6.45) is 3.78. The van der Waals surface area contributed by atoms with E-state index in [4.69, 9.17) is 9.47 Å². The number of carbonyl (C=O) groups is 3. The highest BCUT2D eigenvalue weighted by Gasteiger charge is 2.62. The van der Waals surface area contributed by atoms with Crippen LogP contribution >= 0.6 is 0 Å². The molecule has 0 aromatic heterocycles. The molecule has 2 bridgehead atoms. The number of benzene rings is 1. The Morgan fingerprint density at radius 2 is 2.00 bits per heavy atom. The van der Waals surface area contributed by atoms with E-state index in [1.165, 1.54) is 7.11 Å². The summed E-state index contributed by atoms with van der Waals surface area (Å²) in [5.74, 6) is 0.391. The molecule has 3 aliphatic heterocycles. The number of carbonyl (C=O) groups excluding carboxylic acids is 3. The van der Waals surface area contributed by atoms with Crippen molar-refractivity contribution in [2.24, 2.45) is 11.3 Å². The van der Waals surface area contributed by atoms with Crippen LogP contribution in [0.5, 0.6) is 5.75 Å². The van der Waals surface area contributed by atoms with Gasteiger partial charge in [0.05, 0.1) is 20.6 Å². The normalized spacial score (nSPS) is 30.3. The zero-order valence-electron chi connectivity index (χ0n) is 19.3. The van der Waals surface area contributed by atoms with E-state index in [0.717, 1.165) is 30.6 Å². The number of ketones is 1. The summed E-state index contributed by atoms with van der Waals surface area (Å²) in [6.45, 7) is 4.12. The third-order valence-corrected chi connectivity index (χ3v) is 7.62. The molecule has 174 valence electrons. The molecule has 0 radical (unpaired) electrons. The molecule has 1 aromatic rings. The maximum Gasteiger partial charge on any atom is 0.321 e. The highest BCUT2D eigenvalue weighted by Crippen LogP contribution is 2.48. The number of amides is 1. The van der Waals surface area contributed by atoms with E-state index in [9.17, 15) is 14.4 Å². The van der Waals surface area contributed by atoms with Crippen molar-refractivity contribution in [3.63, 3.8) is 0 Å². The molecule has 0 N–H and O–H groups in total. The van der Waals surface area contributed by atoms with Crippen molar-refractivity contribution in [2.45, 2.75) is 64.1 Å². The number of hydrogen-bond donors (Lipinski definition) is 0. The van der Waals surface area contributed by atoms with Crippen molar-refractivity contribution >= 4 is 17.7 Å². The van der Waals surface area contributed by atoms with Crippen molar-refractivity contribution in [2.75, 3.05) is 27.3 Å². The van der Waals surface area contributed by atoms with Crippen molar-refractivity contribution in [3.8, 4) is 5.75 Å². The van der Waals surface area contributed by atoms with Gasteiger partial charge in [0, 0.05) is 38.1 Å². The lowest BCUT2D eigenvalue weighted by Gasteiger charge is -2.46. The highest BCUT2D eigenvalue weighted by molar-refractivity contribution is 6.08. The minimum atomic E-state index is -1.43. The summed E-state index contributed by atoms with van der Waals surface area (Å²) in [7, 11) is 2.95. The van der Waals surface area contributed by atoms with Crippen molar-refractivity contribution in [1.29, 1.82) is 0 Å². The molecule has 3 heterocycles. The standard InChI is InChI=1S/C25H34N2O5/c1-17-6-5-11-26(15-17)23(29)14-25(24(30)32-3)21-10-9-19(13-22(25)28)27(21)16-18-7-4-8-20(12-18)31-2/h4,7-8,12,17,19,21H,5-6,9-11,13-16H2,1-3H3/t17-,19+,21+,25+/m0/s1. The van der Waals surface area contributed by atoms with Gasteiger partial charge < -0.3 is 14.4 Å². The number of fused-ring (bicyclic) bond motifs is 2. The van der Waals surface area contributed by atoms with Crippen LogP contribution < -0.4 is 4.74 Å². The van der Waals surface area contributed by atoms with Gasteiger partial charge in [-0.05, 0) is 49.3 Å². The van der Waals surface area contributed by atoms with Crippen LogP contribution in [0.4, 0.5) is 0 Å². The van der Waals surface area contributed by atoms with Gasteiger partial charge in [-0.1, -0.05) is 19.1 Å². The first-order valence-corrected chi connectivity index (χ1v) is 11.7. The fourth-order valence-corrected chi connectivity index (χ4v) is 5.97. The molecule has 0 spiro atoms. The fraction of sp³-hybridized carbons (Fsp3) is 0.640. The maximum atomic E-state index is 13.4. The second-order valence-electron chi connectivity index (χ2n) is 9.62. The number of ether oxygens (including phenoxy) is 2. The Hall–Kier alpha value is -2.41. The van der Waals surface area contributed by atoms with E-state index in [2.05, 4.69) is 11.8 Å². The van der Waals surface area contributed by atoms with Crippen LogP contribution in [-0.4, -0.2) is 66.9 Å². The molecule has 7 nitrogen and oxygen atoms in total. The van der Waals surface area contributed by atoms with Crippen LogP contribution in [0.1, 0.15) is 51.0 Å². The molecular weight excluding hydrogens is 408 g/mol. The molecule has 4 rings (SSSR count). The zero-order valence-corrected chi connectivity index (χ0v) is 19.3. The first-order chi connectivity index (χ1) is 15.4. The monoisotopic (exact) mass is 442 g/mol. The van der Waals surface area contributed by atoms with Gasteiger partial charge in [-0.2, -0.15) is 0 Å². The fourth-order valence-electron chi connectivity index (χ4n) is 5.97. The van der Waals surface area contributed by atoms with Crippen LogP contribution in [0.3, 0.4) is 0 Å². The minimum Gasteiger partial charge on any atom is -0.497 e. The second-order valence-corrected chi connectivity index (χ2v) is 9.62. The minimum absolute atomic E-state index is 0.0848. The van der Waals surface area contributed by atoms with E-state index in [-0.39, 0.29) is 36.6 Å². The van der Waals surface area contributed by atoms with E-state index >= 15 is 0 Å². The first kappa shape index (κ1) is 22.8.